The maximum Gasteiger partial charge on any atom is 0.415 e. The van der Waals surface area contributed by atoms with Gasteiger partial charge in [0.15, 0.2) is 11.4 Å². The minimum atomic E-state index is -4.82. The smallest absolute Gasteiger partial charge is 0.308 e. The summed E-state index contributed by atoms with van der Waals surface area (Å²) < 4.78 is 49.9. The van der Waals surface area contributed by atoms with Gasteiger partial charge in [-0.1, -0.05) is 164 Å². The molecule has 0 aliphatic rings. The van der Waals surface area contributed by atoms with Crippen molar-refractivity contribution < 1.29 is 13.2 Å². The fourth-order valence-electron chi connectivity index (χ4n) is 10.2. The van der Waals surface area contributed by atoms with Crippen molar-refractivity contribution in [3.05, 3.63) is 253 Å². The van der Waals surface area contributed by atoms with Gasteiger partial charge in [-0.2, -0.15) is 13.2 Å². The van der Waals surface area contributed by atoms with Gasteiger partial charge in [0.2, 0.25) is 0 Å². The zero-order valence-electron chi connectivity index (χ0n) is 37.3. The molecule has 0 bridgehead atoms. The summed E-state index contributed by atoms with van der Waals surface area (Å²) in [4.78, 5) is 7.60. The van der Waals surface area contributed by atoms with Crippen molar-refractivity contribution in [2.75, 3.05) is 0 Å². The van der Waals surface area contributed by atoms with E-state index >= 15 is 13.2 Å². The Hall–Kier alpha value is -9.43. The molecule has 0 atom stereocenters. The van der Waals surface area contributed by atoms with Gasteiger partial charge in [0.25, 0.3) is 0 Å². The molecule has 10 aromatic carbocycles. The van der Waals surface area contributed by atoms with E-state index in [-0.39, 0.29) is 22.5 Å². The average molecular weight is 907 g/mol. The van der Waals surface area contributed by atoms with E-state index in [1.165, 1.54) is 12.1 Å². The van der Waals surface area contributed by atoms with Crippen LogP contribution in [-0.2, 0) is 6.18 Å². The summed E-state index contributed by atoms with van der Waals surface area (Å²) in [5, 5.41) is 3.81. The van der Waals surface area contributed by atoms with E-state index in [2.05, 4.69) is 140 Å². The third-order valence-electron chi connectivity index (χ3n) is 13.4. The van der Waals surface area contributed by atoms with Crippen molar-refractivity contribution in [1.82, 2.24) is 9.13 Å². The van der Waals surface area contributed by atoms with Crippen LogP contribution in [0, 0.1) is 13.1 Å². The molecule has 7 heteroatoms. The Morgan fingerprint density at radius 3 is 1.00 bits per heavy atom. The second-order valence-electron chi connectivity index (χ2n) is 17.3. The molecule has 0 spiro atoms. The molecule has 0 radical (unpaired) electrons. The highest BCUT2D eigenvalue weighted by atomic mass is 19.4. The van der Waals surface area contributed by atoms with Crippen molar-refractivity contribution in [1.29, 1.82) is 0 Å². The van der Waals surface area contributed by atoms with Crippen LogP contribution in [0.1, 0.15) is 5.56 Å². The maximum atomic E-state index is 15.2. The summed E-state index contributed by atoms with van der Waals surface area (Å²) in [7, 11) is 0. The highest BCUT2D eigenvalue weighted by Gasteiger charge is 2.36. The fraction of sp³-hybridized carbons (Fsp3) is 0.0159. The first-order valence-corrected chi connectivity index (χ1v) is 22.8. The summed E-state index contributed by atoms with van der Waals surface area (Å²) in [5.41, 5.74) is 11.2. The third-order valence-corrected chi connectivity index (χ3v) is 13.4. The van der Waals surface area contributed by atoms with Crippen LogP contribution < -0.4 is 0 Å². The monoisotopic (exact) mass is 906 g/mol. The number of halogens is 3. The summed E-state index contributed by atoms with van der Waals surface area (Å²) in [6, 6.07) is 73.2. The van der Waals surface area contributed by atoms with Gasteiger partial charge in [-0.25, -0.2) is 9.69 Å². The standard InChI is InChI=1S/C63H37F3N4/c1-67-54-25-15-24-53(63(64,65)66)62(54)52-38-60(69-56-30-26-44(40-16-7-3-8-17-40)34-48(56)49-35-45(27-31-57(49)69)41-18-9-4-10-19-41)61(39-55(52)68-2)70-58-32-28-46(42-20-11-5-12-21-42)36-50(58)51-37-47(29-33-59(51)70)43-22-13-6-14-23-43/h3-39H. The van der Waals surface area contributed by atoms with Gasteiger partial charge in [-0.3, -0.25) is 0 Å². The Labute approximate surface area is 401 Å². The topological polar surface area (TPSA) is 18.6 Å². The molecule has 0 saturated carbocycles. The number of alkyl halides is 3. The lowest BCUT2D eigenvalue weighted by atomic mass is 9.94. The summed E-state index contributed by atoms with van der Waals surface area (Å²) in [6.45, 7) is 16.8. The van der Waals surface area contributed by atoms with Gasteiger partial charge < -0.3 is 9.13 Å². The summed E-state index contributed by atoms with van der Waals surface area (Å²) in [6.07, 6.45) is -4.82. The number of fused-ring (bicyclic) bond motifs is 6. The van der Waals surface area contributed by atoms with E-state index < -0.39 is 11.7 Å². The van der Waals surface area contributed by atoms with Crippen molar-refractivity contribution in [2.24, 2.45) is 0 Å². The molecule has 0 fully saturated rings. The Morgan fingerprint density at radius 2 is 0.671 bits per heavy atom. The number of hydrogen-bond donors (Lipinski definition) is 0. The Morgan fingerprint density at radius 1 is 0.329 bits per heavy atom. The molecule has 0 aliphatic heterocycles. The molecule has 0 amide bonds. The first-order valence-electron chi connectivity index (χ1n) is 22.8. The largest absolute Gasteiger partial charge is 0.415 e. The van der Waals surface area contributed by atoms with Gasteiger partial charge in [0, 0.05) is 21.5 Å². The second-order valence-corrected chi connectivity index (χ2v) is 17.3. The van der Waals surface area contributed by atoms with Crippen LogP contribution in [0.3, 0.4) is 0 Å². The third kappa shape index (κ3) is 7.00. The van der Waals surface area contributed by atoms with E-state index in [9.17, 15) is 0 Å². The molecule has 330 valence electrons. The Kier molecular flexibility index (Phi) is 10.0. The van der Waals surface area contributed by atoms with E-state index in [1.807, 2.05) is 72.8 Å². The summed E-state index contributed by atoms with van der Waals surface area (Å²) in [5.74, 6) is 0. The number of nitrogens with zero attached hydrogens (tertiary/aromatic N) is 4. The van der Waals surface area contributed by atoms with E-state index in [4.69, 9.17) is 13.1 Å². The normalized spacial score (nSPS) is 11.6. The lowest BCUT2D eigenvalue weighted by molar-refractivity contribution is -0.137. The minimum Gasteiger partial charge on any atom is -0.308 e. The number of rotatable bonds is 7. The highest BCUT2D eigenvalue weighted by Crippen LogP contribution is 2.50. The predicted molar refractivity (Wildman–Crippen MR) is 280 cm³/mol. The predicted octanol–water partition coefficient (Wildman–Crippen LogP) is 18.3. The second kappa shape index (κ2) is 16.7. The first-order chi connectivity index (χ1) is 34.3. The molecule has 70 heavy (non-hydrogen) atoms. The van der Waals surface area contributed by atoms with Crippen molar-refractivity contribution >= 4 is 55.0 Å². The van der Waals surface area contributed by atoms with Gasteiger partial charge in [0.1, 0.15) is 0 Å². The zero-order valence-corrected chi connectivity index (χ0v) is 37.3. The number of hydrogen-bond acceptors (Lipinski definition) is 0. The maximum absolute atomic E-state index is 15.2. The van der Waals surface area contributed by atoms with Crippen LogP contribution in [0.4, 0.5) is 24.5 Å². The van der Waals surface area contributed by atoms with Gasteiger partial charge in [-0.15, -0.1) is 0 Å². The van der Waals surface area contributed by atoms with E-state index in [0.717, 1.165) is 94.2 Å². The highest BCUT2D eigenvalue weighted by molar-refractivity contribution is 6.14. The fourth-order valence-corrected chi connectivity index (χ4v) is 10.2. The van der Waals surface area contributed by atoms with Crippen LogP contribution >= 0.6 is 0 Å². The van der Waals surface area contributed by atoms with Crippen LogP contribution in [0.5, 0.6) is 0 Å². The van der Waals surface area contributed by atoms with Gasteiger partial charge in [-0.05, 0) is 116 Å². The van der Waals surface area contributed by atoms with Gasteiger partial charge in [0.05, 0.1) is 52.1 Å². The van der Waals surface area contributed by atoms with E-state index in [0.29, 0.717) is 11.4 Å². The molecular formula is C63H37F3N4. The molecule has 0 saturated heterocycles. The Balaban J connectivity index is 1.24. The van der Waals surface area contributed by atoms with Crippen LogP contribution in [0.2, 0.25) is 0 Å². The van der Waals surface area contributed by atoms with Crippen molar-refractivity contribution in [3.8, 4) is 67.0 Å². The van der Waals surface area contributed by atoms with Crippen LogP contribution in [-0.4, -0.2) is 9.13 Å². The lowest BCUT2D eigenvalue weighted by Crippen LogP contribution is -2.08. The lowest BCUT2D eigenvalue weighted by Gasteiger charge is -2.22. The molecule has 2 heterocycles. The van der Waals surface area contributed by atoms with Crippen LogP contribution in [0.25, 0.3) is 120 Å². The molecule has 4 nitrogen and oxygen atoms in total. The van der Waals surface area contributed by atoms with Crippen LogP contribution in [0.15, 0.2) is 224 Å². The van der Waals surface area contributed by atoms with E-state index in [1.54, 1.807) is 12.1 Å². The molecule has 12 aromatic rings. The molecule has 0 N–H and O–H groups in total. The SMILES string of the molecule is [C-]#[N+]c1cc(-n2c3ccc(-c4ccccc4)cc3c3cc(-c4ccccc4)ccc32)c(-n2c3ccc(-c4ccccc4)cc3c3cc(-c4ccccc4)ccc32)cc1-c1c([N+]#[C-])cccc1C(F)(F)F. The van der Waals surface area contributed by atoms with Crippen molar-refractivity contribution in [2.45, 2.75) is 6.18 Å². The zero-order chi connectivity index (χ0) is 47.5. The minimum absolute atomic E-state index is 0.0166. The Bertz CT molecular complexity index is 3910. The quantitative estimate of drug-likeness (QED) is 0.142. The first kappa shape index (κ1) is 42.0. The molecule has 12 rings (SSSR count). The molecule has 0 aliphatic carbocycles. The molecule has 2 aromatic heterocycles. The van der Waals surface area contributed by atoms with Crippen molar-refractivity contribution in [3.63, 3.8) is 0 Å². The van der Waals surface area contributed by atoms with Gasteiger partial charge >= 0.3 is 6.18 Å². The molecular weight excluding hydrogens is 870 g/mol. The molecule has 0 unspecified atom stereocenters. The number of aromatic nitrogens is 2. The number of benzene rings is 10. The average Bonchev–Trinajstić information content (AvgIpc) is 3.92. The summed E-state index contributed by atoms with van der Waals surface area (Å²) >= 11 is 0.